The van der Waals surface area contributed by atoms with Crippen molar-refractivity contribution < 1.29 is 25.2 Å². The maximum absolute atomic E-state index is 12.6. The lowest BCUT2D eigenvalue weighted by molar-refractivity contribution is -0.132. The molecule has 0 aromatic carbocycles. The third kappa shape index (κ3) is 50.1. The van der Waals surface area contributed by atoms with E-state index < -0.39 is 36.9 Å². The van der Waals surface area contributed by atoms with E-state index in [2.05, 4.69) is 19.2 Å². The monoisotopic (exact) mass is 950 g/mol. The molecule has 0 aliphatic rings. The summed E-state index contributed by atoms with van der Waals surface area (Å²) in [6.07, 6.45) is 66.2. The van der Waals surface area contributed by atoms with E-state index in [1.165, 1.54) is 289 Å². The Hall–Kier alpha value is -0.690. The number of carbonyl (C=O) groups is 1. The molecule has 6 nitrogen and oxygen atoms in total. The zero-order valence-corrected chi connectivity index (χ0v) is 45.7. The van der Waals surface area contributed by atoms with Crippen LogP contribution in [0.1, 0.15) is 354 Å². The van der Waals surface area contributed by atoms with E-state index in [0.29, 0.717) is 12.8 Å². The summed E-state index contributed by atoms with van der Waals surface area (Å²) in [6.45, 7) is 4.11. The molecule has 402 valence electrons. The van der Waals surface area contributed by atoms with Gasteiger partial charge in [0.05, 0.1) is 18.8 Å². The summed E-state index contributed by atoms with van der Waals surface area (Å²) in [5, 5.41) is 44.1. The van der Waals surface area contributed by atoms with Gasteiger partial charge in [0, 0.05) is 0 Å². The van der Waals surface area contributed by atoms with Gasteiger partial charge in [0.25, 0.3) is 0 Å². The largest absolute Gasteiger partial charge is 0.394 e. The first-order valence-electron chi connectivity index (χ1n) is 30.9. The summed E-state index contributed by atoms with van der Waals surface area (Å²) >= 11 is 0. The molecule has 0 fully saturated rings. The third-order valence-corrected chi connectivity index (χ3v) is 15.1. The number of hydrogen-bond acceptors (Lipinski definition) is 5. The van der Waals surface area contributed by atoms with Crippen LogP contribution in [0.15, 0.2) is 0 Å². The maximum Gasteiger partial charge on any atom is 0.249 e. The highest BCUT2D eigenvalue weighted by molar-refractivity contribution is 5.80. The van der Waals surface area contributed by atoms with Gasteiger partial charge in [0.15, 0.2) is 0 Å². The smallest absolute Gasteiger partial charge is 0.249 e. The first-order chi connectivity index (χ1) is 33.0. The molecule has 4 unspecified atom stereocenters. The lowest BCUT2D eigenvalue weighted by Gasteiger charge is -2.27. The first kappa shape index (κ1) is 66.3. The number of unbranched alkanes of at least 4 members (excludes halogenated alkanes) is 49. The highest BCUT2D eigenvalue weighted by Crippen LogP contribution is 2.19. The molecule has 0 aliphatic carbocycles. The Morgan fingerprint density at radius 1 is 0.313 bits per heavy atom. The molecule has 67 heavy (non-hydrogen) atoms. The van der Waals surface area contributed by atoms with Gasteiger partial charge in [0.1, 0.15) is 12.2 Å². The van der Waals surface area contributed by atoms with Crippen molar-refractivity contribution in [2.24, 2.45) is 0 Å². The minimum absolute atomic E-state index is 0.376. The summed E-state index contributed by atoms with van der Waals surface area (Å²) in [5.41, 5.74) is 0. The number of nitrogens with one attached hydrogen (secondary N) is 1. The molecule has 0 radical (unpaired) electrons. The highest BCUT2D eigenvalue weighted by atomic mass is 16.3. The maximum atomic E-state index is 12.6. The predicted molar refractivity (Wildman–Crippen MR) is 293 cm³/mol. The molecule has 0 saturated carbocycles. The van der Waals surface area contributed by atoms with Crippen LogP contribution in [0.5, 0.6) is 0 Å². The minimum Gasteiger partial charge on any atom is -0.394 e. The Balaban J connectivity index is 3.55. The molecular weight excluding hydrogens is 827 g/mol. The lowest BCUT2D eigenvalue weighted by Crippen LogP contribution is -2.53. The van der Waals surface area contributed by atoms with Crippen LogP contribution in [0, 0.1) is 0 Å². The van der Waals surface area contributed by atoms with Crippen molar-refractivity contribution in [2.45, 2.75) is 379 Å². The molecule has 0 bridgehead atoms. The van der Waals surface area contributed by atoms with Crippen molar-refractivity contribution >= 4 is 5.91 Å². The van der Waals surface area contributed by atoms with Crippen LogP contribution >= 0.6 is 0 Å². The molecule has 0 saturated heterocycles. The van der Waals surface area contributed by atoms with E-state index in [0.717, 1.165) is 38.5 Å². The van der Waals surface area contributed by atoms with Gasteiger partial charge in [-0.2, -0.15) is 0 Å². The summed E-state index contributed by atoms with van der Waals surface area (Å²) in [4.78, 5) is 12.6. The van der Waals surface area contributed by atoms with Crippen molar-refractivity contribution in [1.29, 1.82) is 0 Å². The number of rotatable bonds is 58. The number of hydrogen-bond donors (Lipinski definition) is 5. The average Bonchev–Trinajstić information content (AvgIpc) is 3.33. The van der Waals surface area contributed by atoms with E-state index in [1.54, 1.807) is 0 Å². The van der Waals surface area contributed by atoms with Gasteiger partial charge in [-0.15, -0.1) is 0 Å². The average molecular weight is 951 g/mol. The number of carbonyl (C=O) groups excluding carboxylic acids is 1. The second-order valence-corrected chi connectivity index (χ2v) is 21.8. The summed E-state index contributed by atoms with van der Waals surface area (Å²) < 4.78 is 0. The van der Waals surface area contributed by atoms with Crippen LogP contribution < -0.4 is 5.32 Å². The summed E-state index contributed by atoms with van der Waals surface area (Å²) in [6, 6.07) is -0.981. The van der Waals surface area contributed by atoms with Crippen molar-refractivity contribution in [3.8, 4) is 0 Å². The Bertz CT molecular complexity index is 933. The first-order valence-corrected chi connectivity index (χ1v) is 30.9. The molecule has 1 amide bonds. The molecule has 0 spiro atoms. The molecule has 0 heterocycles. The van der Waals surface area contributed by atoms with E-state index >= 15 is 0 Å². The lowest BCUT2D eigenvalue weighted by atomic mass is 9.99. The second kappa shape index (κ2) is 56.2. The van der Waals surface area contributed by atoms with Crippen molar-refractivity contribution in [3.63, 3.8) is 0 Å². The quantitative estimate of drug-likeness (QED) is 0.0390. The van der Waals surface area contributed by atoms with Crippen molar-refractivity contribution in [2.75, 3.05) is 6.61 Å². The van der Waals surface area contributed by atoms with E-state index in [4.69, 9.17) is 0 Å². The summed E-state index contributed by atoms with van der Waals surface area (Å²) in [5.74, 6) is -0.574. The Labute approximate surface area is 420 Å². The molecule has 5 N–H and O–H groups in total. The van der Waals surface area contributed by atoms with E-state index in [-0.39, 0.29) is 0 Å². The minimum atomic E-state index is -1.26. The van der Waals surface area contributed by atoms with Gasteiger partial charge < -0.3 is 25.7 Å². The molecule has 0 aliphatic heterocycles. The zero-order valence-electron chi connectivity index (χ0n) is 45.7. The topological polar surface area (TPSA) is 110 Å². The fourth-order valence-electron chi connectivity index (χ4n) is 10.2. The summed E-state index contributed by atoms with van der Waals surface area (Å²) in [7, 11) is 0. The Kier molecular flexibility index (Phi) is 55.6. The van der Waals surface area contributed by atoms with Crippen LogP contribution in [0.4, 0.5) is 0 Å². The van der Waals surface area contributed by atoms with Gasteiger partial charge in [-0.05, 0) is 12.8 Å². The molecule has 0 aromatic heterocycles. The fourth-order valence-corrected chi connectivity index (χ4v) is 10.2. The van der Waals surface area contributed by atoms with Crippen LogP contribution in [0.3, 0.4) is 0 Å². The van der Waals surface area contributed by atoms with Crippen LogP contribution in [0.25, 0.3) is 0 Å². The SMILES string of the molecule is CCCCCCCCCCCCCCCCCCCCCCCCCCCCCCC(O)C(O)C(CO)NC(=O)C(O)CCCCCCCCCCCCCCCCCCCCCCCCC. The number of amides is 1. The van der Waals surface area contributed by atoms with E-state index in [1.807, 2.05) is 0 Å². The number of aliphatic hydroxyl groups excluding tert-OH is 4. The molecular formula is C61H123NO5. The zero-order chi connectivity index (χ0) is 48.8. The van der Waals surface area contributed by atoms with Crippen molar-refractivity contribution in [3.05, 3.63) is 0 Å². The molecule has 0 aromatic rings. The standard InChI is InChI=1S/C61H123NO5/c1-3-5-7-9-11-13-15-17-19-21-23-25-27-28-29-30-31-33-34-36-38-40-42-44-46-48-50-52-54-58(64)60(66)57(56-63)62-61(67)59(65)55-53-51-49-47-45-43-41-39-37-35-32-26-24-22-20-18-16-14-12-10-8-6-4-2/h57-60,63-66H,3-56H2,1-2H3,(H,62,67). The Morgan fingerprint density at radius 3 is 0.716 bits per heavy atom. The van der Waals surface area contributed by atoms with Gasteiger partial charge in [-0.25, -0.2) is 0 Å². The number of aliphatic hydroxyl groups is 4. The molecule has 6 heteroatoms. The van der Waals surface area contributed by atoms with Gasteiger partial charge in [-0.1, -0.05) is 341 Å². The highest BCUT2D eigenvalue weighted by Gasteiger charge is 2.28. The van der Waals surface area contributed by atoms with Crippen LogP contribution in [0.2, 0.25) is 0 Å². The van der Waals surface area contributed by atoms with Gasteiger partial charge in [0.2, 0.25) is 5.91 Å². The van der Waals surface area contributed by atoms with Gasteiger partial charge in [-0.3, -0.25) is 4.79 Å². The van der Waals surface area contributed by atoms with Crippen LogP contribution in [-0.4, -0.2) is 57.3 Å². The predicted octanol–water partition coefficient (Wildman–Crippen LogP) is 18.3. The van der Waals surface area contributed by atoms with Crippen molar-refractivity contribution in [1.82, 2.24) is 5.32 Å². The fraction of sp³-hybridized carbons (Fsp3) is 0.984. The third-order valence-electron chi connectivity index (χ3n) is 15.1. The normalized spacial score (nSPS) is 13.6. The molecule has 0 rings (SSSR count). The van der Waals surface area contributed by atoms with E-state index in [9.17, 15) is 25.2 Å². The van der Waals surface area contributed by atoms with Gasteiger partial charge >= 0.3 is 0 Å². The molecule has 4 atom stereocenters. The second-order valence-electron chi connectivity index (χ2n) is 21.8. The Morgan fingerprint density at radius 2 is 0.507 bits per heavy atom. The van der Waals surface area contributed by atoms with Crippen LogP contribution in [-0.2, 0) is 4.79 Å².